The number of hydrogen-bond donors (Lipinski definition) is 3. The molecule has 152 valence electrons. The summed E-state index contributed by atoms with van der Waals surface area (Å²) >= 11 is 0. The van der Waals surface area contributed by atoms with Crippen molar-refractivity contribution in [2.75, 3.05) is 25.0 Å². The Morgan fingerprint density at radius 2 is 1.38 bits per heavy atom. The number of carbonyl (C=O) groups excluding carboxylic acids is 4. The Morgan fingerprint density at radius 1 is 0.793 bits per heavy atom. The maximum atomic E-state index is 12.0. The van der Waals surface area contributed by atoms with Gasteiger partial charge in [0.05, 0.1) is 0 Å². The molecule has 8 nitrogen and oxygen atoms in total. The van der Waals surface area contributed by atoms with Gasteiger partial charge in [-0.3, -0.25) is 19.2 Å². The summed E-state index contributed by atoms with van der Waals surface area (Å²) in [6.45, 7) is 3.37. The van der Waals surface area contributed by atoms with Crippen LogP contribution >= 0.6 is 0 Å². The molecule has 0 saturated carbocycles. The van der Waals surface area contributed by atoms with Crippen LogP contribution in [0.15, 0.2) is 48.5 Å². The Balaban J connectivity index is 1.78. The van der Waals surface area contributed by atoms with Gasteiger partial charge in [-0.15, -0.1) is 0 Å². The maximum Gasteiger partial charge on any atom is 0.262 e. The van der Waals surface area contributed by atoms with E-state index in [0.29, 0.717) is 35.7 Å². The van der Waals surface area contributed by atoms with E-state index < -0.39 is 0 Å². The Hall–Kier alpha value is -3.68. The van der Waals surface area contributed by atoms with Gasteiger partial charge in [0.25, 0.3) is 11.8 Å². The van der Waals surface area contributed by atoms with Crippen molar-refractivity contribution in [1.29, 1.82) is 0 Å². The fourth-order valence-corrected chi connectivity index (χ4v) is 2.35. The van der Waals surface area contributed by atoms with Crippen LogP contribution in [0.4, 0.5) is 5.69 Å². The lowest BCUT2D eigenvalue weighted by molar-refractivity contribution is -0.119. The van der Waals surface area contributed by atoms with E-state index >= 15 is 0 Å². The predicted molar refractivity (Wildman–Crippen MR) is 108 cm³/mol. The number of ketones is 1. The Bertz CT molecular complexity index is 876. The van der Waals surface area contributed by atoms with Crippen LogP contribution in [0, 0.1) is 0 Å². The Labute approximate surface area is 168 Å². The molecular formula is C21H23N3O5. The normalized spacial score (nSPS) is 10.0. The van der Waals surface area contributed by atoms with Gasteiger partial charge >= 0.3 is 0 Å². The van der Waals surface area contributed by atoms with E-state index in [2.05, 4.69) is 16.0 Å². The lowest BCUT2D eigenvalue weighted by atomic mass is 10.1. The number of rotatable bonds is 9. The molecule has 0 spiro atoms. The number of amides is 3. The highest BCUT2D eigenvalue weighted by Crippen LogP contribution is 2.13. The van der Waals surface area contributed by atoms with Crippen LogP contribution in [0.1, 0.15) is 34.6 Å². The van der Waals surface area contributed by atoms with Crippen LogP contribution in [0.2, 0.25) is 0 Å². The zero-order valence-electron chi connectivity index (χ0n) is 16.3. The molecule has 0 aromatic heterocycles. The van der Waals surface area contributed by atoms with Gasteiger partial charge in [0, 0.05) is 36.8 Å². The van der Waals surface area contributed by atoms with Gasteiger partial charge in [0.2, 0.25) is 5.91 Å². The zero-order valence-corrected chi connectivity index (χ0v) is 16.3. The first kappa shape index (κ1) is 21.6. The minimum Gasteiger partial charge on any atom is -0.484 e. The molecule has 0 heterocycles. The van der Waals surface area contributed by atoms with E-state index in [1.807, 2.05) is 0 Å². The van der Waals surface area contributed by atoms with Crippen molar-refractivity contribution in [3.63, 3.8) is 0 Å². The van der Waals surface area contributed by atoms with Crippen LogP contribution in [0.25, 0.3) is 0 Å². The zero-order chi connectivity index (χ0) is 21.2. The molecule has 0 fully saturated rings. The van der Waals surface area contributed by atoms with Crippen molar-refractivity contribution in [1.82, 2.24) is 10.6 Å². The SMILES string of the molecule is CC(=O)NCCNC(=O)c1ccc(NC(=O)COc2ccc(C(C)=O)cc2)cc1. The fraction of sp³-hybridized carbons (Fsp3) is 0.238. The van der Waals surface area contributed by atoms with Crippen LogP contribution in [0.3, 0.4) is 0 Å². The van der Waals surface area contributed by atoms with Gasteiger partial charge in [-0.2, -0.15) is 0 Å². The standard InChI is InChI=1S/C21H23N3O5/c1-14(25)16-5-9-19(10-6-16)29-13-20(27)24-18-7-3-17(4-8-18)21(28)23-12-11-22-15(2)26/h3-10H,11-13H2,1-2H3,(H,22,26)(H,23,28)(H,24,27). The molecule has 2 rings (SSSR count). The lowest BCUT2D eigenvalue weighted by Gasteiger charge is -2.09. The van der Waals surface area contributed by atoms with Crippen LogP contribution < -0.4 is 20.7 Å². The molecule has 0 bridgehead atoms. The summed E-state index contributed by atoms with van der Waals surface area (Å²) in [7, 11) is 0. The average Bonchev–Trinajstić information content (AvgIpc) is 2.70. The van der Waals surface area contributed by atoms with Gasteiger partial charge < -0.3 is 20.7 Å². The van der Waals surface area contributed by atoms with Crippen LogP contribution in [-0.2, 0) is 9.59 Å². The number of anilines is 1. The highest BCUT2D eigenvalue weighted by Gasteiger charge is 2.08. The molecular weight excluding hydrogens is 374 g/mol. The summed E-state index contributed by atoms with van der Waals surface area (Å²) in [5.41, 5.74) is 1.54. The summed E-state index contributed by atoms with van der Waals surface area (Å²) in [5, 5.41) is 7.94. The van der Waals surface area contributed by atoms with E-state index in [4.69, 9.17) is 4.74 Å². The third-order valence-electron chi connectivity index (χ3n) is 3.85. The van der Waals surface area contributed by atoms with E-state index in [-0.39, 0.29) is 30.1 Å². The topological polar surface area (TPSA) is 114 Å². The van der Waals surface area contributed by atoms with Gasteiger partial charge in [0.1, 0.15) is 5.75 Å². The van der Waals surface area contributed by atoms with E-state index in [1.165, 1.54) is 13.8 Å². The number of ether oxygens (including phenoxy) is 1. The highest BCUT2D eigenvalue weighted by molar-refractivity contribution is 5.96. The van der Waals surface area contributed by atoms with Gasteiger partial charge in [-0.1, -0.05) is 0 Å². The second kappa shape index (κ2) is 10.6. The molecule has 0 aliphatic carbocycles. The van der Waals surface area contributed by atoms with Crippen molar-refractivity contribution in [2.24, 2.45) is 0 Å². The summed E-state index contributed by atoms with van der Waals surface area (Å²) in [6.07, 6.45) is 0. The fourth-order valence-electron chi connectivity index (χ4n) is 2.35. The number of nitrogens with one attached hydrogen (secondary N) is 3. The molecule has 0 aliphatic rings. The Morgan fingerprint density at radius 3 is 1.97 bits per heavy atom. The summed E-state index contributed by atoms with van der Waals surface area (Å²) in [6, 6.07) is 12.9. The van der Waals surface area contributed by atoms with Crippen molar-refractivity contribution >= 4 is 29.2 Å². The second-order valence-electron chi connectivity index (χ2n) is 6.23. The molecule has 2 aromatic rings. The maximum absolute atomic E-state index is 12.0. The third-order valence-corrected chi connectivity index (χ3v) is 3.85. The molecule has 8 heteroatoms. The van der Waals surface area contributed by atoms with Gasteiger partial charge in [-0.25, -0.2) is 0 Å². The quantitative estimate of drug-likeness (QED) is 0.441. The minimum absolute atomic E-state index is 0.0425. The third kappa shape index (κ3) is 7.45. The van der Waals surface area contributed by atoms with Crippen LogP contribution in [-0.4, -0.2) is 43.2 Å². The molecule has 0 unspecified atom stereocenters. The first-order valence-corrected chi connectivity index (χ1v) is 9.01. The first-order valence-electron chi connectivity index (χ1n) is 9.01. The molecule has 0 aliphatic heterocycles. The van der Waals surface area contributed by atoms with Gasteiger partial charge in [-0.05, 0) is 55.5 Å². The van der Waals surface area contributed by atoms with Gasteiger partial charge in [0.15, 0.2) is 12.4 Å². The first-order chi connectivity index (χ1) is 13.8. The average molecular weight is 397 g/mol. The van der Waals surface area contributed by atoms with E-state index in [9.17, 15) is 19.2 Å². The summed E-state index contributed by atoms with van der Waals surface area (Å²) in [5.74, 6) is -0.342. The predicted octanol–water partition coefficient (Wildman–Crippen LogP) is 1.77. The van der Waals surface area contributed by atoms with Crippen LogP contribution in [0.5, 0.6) is 5.75 Å². The lowest BCUT2D eigenvalue weighted by Crippen LogP contribution is -2.33. The molecule has 2 aromatic carbocycles. The smallest absolute Gasteiger partial charge is 0.262 e. The van der Waals surface area contributed by atoms with Crippen molar-refractivity contribution in [3.05, 3.63) is 59.7 Å². The monoisotopic (exact) mass is 397 g/mol. The second-order valence-corrected chi connectivity index (χ2v) is 6.23. The van der Waals surface area contributed by atoms with Crippen molar-refractivity contribution in [2.45, 2.75) is 13.8 Å². The van der Waals surface area contributed by atoms with E-state index in [0.717, 1.165) is 0 Å². The van der Waals surface area contributed by atoms with Crippen molar-refractivity contribution in [3.8, 4) is 5.75 Å². The molecule has 0 radical (unpaired) electrons. The number of hydrogen-bond acceptors (Lipinski definition) is 5. The Kier molecular flexibility index (Phi) is 7.90. The van der Waals surface area contributed by atoms with E-state index in [1.54, 1.807) is 48.5 Å². The molecule has 0 atom stereocenters. The molecule has 29 heavy (non-hydrogen) atoms. The molecule has 3 N–H and O–H groups in total. The summed E-state index contributed by atoms with van der Waals surface area (Å²) in [4.78, 5) is 46.0. The highest BCUT2D eigenvalue weighted by atomic mass is 16.5. The minimum atomic E-state index is -0.354. The molecule has 0 saturated heterocycles. The number of carbonyl (C=O) groups is 4. The summed E-state index contributed by atoms with van der Waals surface area (Å²) < 4.78 is 5.39. The molecule has 3 amide bonds. The van der Waals surface area contributed by atoms with Crippen molar-refractivity contribution < 1.29 is 23.9 Å². The number of Topliss-reactive ketones (excluding diaryl/α,β-unsaturated/α-hetero) is 1. The number of benzene rings is 2. The largest absolute Gasteiger partial charge is 0.484 e.